The molecule has 3 saturated carbocycles. The molecule has 0 aromatic rings. The van der Waals surface area contributed by atoms with E-state index in [1.165, 1.54) is 0 Å². The van der Waals surface area contributed by atoms with Gasteiger partial charge in [0.15, 0.2) is 5.78 Å². The minimum atomic E-state index is -1.57. The molecule has 8 nitrogen and oxygen atoms in total. The molecule has 4 rings (SSSR count). The topological polar surface area (TPSA) is 159 Å². The Morgan fingerprint density at radius 2 is 1.70 bits per heavy atom. The standard InChI is InChI=1S/C29H48O8/c1-25(2,35)16(8-11-30)12-24(34)28(5,36)23-7-10-29(37)18-13-20(31)19-14-21(32)22(33)15-26(19,3)17(18)6-9-27(23,29)4/h13,16-17,19,21-24,30,32-37H,6-12,14-15H2,1-5H3/t16-,17+,19+,21-,22+,23+,24?,26-,27-,28-,29-/m1/s1. The van der Waals surface area contributed by atoms with E-state index in [1.807, 2.05) is 13.8 Å². The summed E-state index contributed by atoms with van der Waals surface area (Å²) in [5, 5.41) is 76.2. The summed E-state index contributed by atoms with van der Waals surface area (Å²) >= 11 is 0. The quantitative estimate of drug-likeness (QED) is 0.264. The summed E-state index contributed by atoms with van der Waals surface area (Å²) in [6.45, 7) is 8.67. The van der Waals surface area contributed by atoms with Crippen molar-refractivity contribution in [3.8, 4) is 0 Å². The fraction of sp³-hybridized carbons (Fsp3) is 0.897. The largest absolute Gasteiger partial charge is 0.396 e. The molecule has 0 heterocycles. The molecule has 0 amide bonds. The van der Waals surface area contributed by atoms with Gasteiger partial charge in [0.2, 0.25) is 0 Å². The predicted octanol–water partition coefficient (Wildman–Crippen LogP) is 1.46. The number of allylic oxidation sites excluding steroid dienone is 1. The number of fused-ring (bicyclic) bond motifs is 5. The zero-order chi connectivity index (χ0) is 27.8. The van der Waals surface area contributed by atoms with Crippen LogP contribution < -0.4 is 0 Å². The van der Waals surface area contributed by atoms with Gasteiger partial charge in [0.05, 0.1) is 35.1 Å². The predicted molar refractivity (Wildman–Crippen MR) is 137 cm³/mol. The minimum absolute atomic E-state index is 0.103. The molecule has 4 aliphatic rings. The Hall–Kier alpha value is -0.870. The maximum Gasteiger partial charge on any atom is 0.159 e. The molecule has 0 aromatic heterocycles. The van der Waals surface area contributed by atoms with Crippen LogP contribution in [0.2, 0.25) is 0 Å². The summed E-state index contributed by atoms with van der Waals surface area (Å²) < 4.78 is 0. The lowest BCUT2D eigenvalue weighted by molar-refractivity contribution is -0.180. The van der Waals surface area contributed by atoms with Crippen molar-refractivity contribution < 1.29 is 40.5 Å². The van der Waals surface area contributed by atoms with Crippen molar-refractivity contribution in [2.75, 3.05) is 6.61 Å². The highest BCUT2D eigenvalue weighted by Crippen LogP contribution is 2.68. The maximum absolute atomic E-state index is 13.3. The van der Waals surface area contributed by atoms with Crippen LogP contribution in [-0.2, 0) is 4.79 Å². The number of hydrogen-bond acceptors (Lipinski definition) is 8. The van der Waals surface area contributed by atoms with Gasteiger partial charge in [-0.3, -0.25) is 4.79 Å². The maximum atomic E-state index is 13.3. The van der Waals surface area contributed by atoms with Gasteiger partial charge in [-0.2, -0.15) is 0 Å². The van der Waals surface area contributed by atoms with Crippen molar-refractivity contribution in [3.63, 3.8) is 0 Å². The van der Waals surface area contributed by atoms with Gasteiger partial charge in [-0.05, 0) is 107 Å². The van der Waals surface area contributed by atoms with Crippen LogP contribution in [0.1, 0.15) is 86.0 Å². The average Bonchev–Trinajstić information content (AvgIpc) is 3.07. The van der Waals surface area contributed by atoms with E-state index in [-0.39, 0.29) is 31.1 Å². The first kappa shape index (κ1) is 29.1. The molecular weight excluding hydrogens is 476 g/mol. The van der Waals surface area contributed by atoms with E-state index in [9.17, 15) is 40.5 Å². The van der Waals surface area contributed by atoms with Gasteiger partial charge in [-0.1, -0.05) is 13.8 Å². The van der Waals surface area contributed by atoms with E-state index in [4.69, 9.17) is 0 Å². The van der Waals surface area contributed by atoms with Crippen molar-refractivity contribution in [2.45, 2.75) is 121 Å². The number of hydrogen-bond donors (Lipinski definition) is 7. The lowest BCUT2D eigenvalue weighted by Crippen LogP contribution is -2.63. The van der Waals surface area contributed by atoms with Crippen molar-refractivity contribution >= 4 is 5.78 Å². The van der Waals surface area contributed by atoms with Crippen molar-refractivity contribution in [2.24, 2.45) is 34.5 Å². The number of carbonyl (C=O) groups is 1. The van der Waals surface area contributed by atoms with Crippen LogP contribution in [0.3, 0.4) is 0 Å². The number of rotatable bonds is 7. The molecule has 0 radical (unpaired) electrons. The molecule has 11 atom stereocenters. The van der Waals surface area contributed by atoms with Gasteiger partial charge >= 0.3 is 0 Å². The molecule has 0 bridgehead atoms. The normalized spacial score (nSPS) is 45.2. The molecule has 8 heteroatoms. The Balaban J connectivity index is 1.65. The highest BCUT2D eigenvalue weighted by atomic mass is 16.3. The first-order valence-corrected chi connectivity index (χ1v) is 14.0. The van der Waals surface area contributed by atoms with E-state index in [0.717, 1.165) is 0 Å². The molecule has 212 valence electrons. The Labute approximate surface area is 220 Å². The van der Waals surface area contributed by atoms with E-state index in [1.54, 1.807) is 26.8 Å². The van der Waals surface area contributed by atoms with Crippen LogP contribution in [0.5, 0.6) is 0 Å². The van der Waals surface area contributed by atoms with Gasteiger partial charge in [0.25, 0.3) is 0 Å². The molecule has 3 fully saturated rings. The summed E-state index contributed by atoms with van der Waals surface area (Å²) in [7, 11) is 0. The number of ketones is 1. The molecule has 37 heavy (non-hydrogen) atoms. The first-order chi connectivity index (χ1) is 16.9. The van der Waals surface area contributed by atoms with Crippen LogP contribution in [-0.4, -0.2) is 83.3 Å². The molecule has 0 saturated heterocycles. The summed E-state index contributed by atoms with van der Waals surface area (Å²) in [6.07, 6.45) is 1.53. The van der Waals surface area contributed by atoms with E-state index < -0.39 is 63.7 Å². The third-order valence-electron chi connectivity index (χ3n) is 11.5. The third-order valence-corrected chi connectivity index (χ3v) is 11.5. The summed E-state index contributed by atoms with van der Waals surface area (Å²) in [6, 6.07) is 0. The molecular formula is C29H48O8. The lowest BCUT2D eigenvalue weighted by atomic mass is 9.45. The second-order valence-electron chi connectivity index (χ2n) is 13.9. The van der Waals surface area contributed by atoms with Crippen LogP contribution in [0.25, 0.3) is 0 Å². The second-order valence-corrected chi connectivity index (χ2v) is 13.9. The Morgan fingerprint density at radius 1 is 1.05 bits per heavy atom. The first-order valence-electron chi connectivity index (χ1n) is 14.0. The van der Waals surface area contributed by atoms with E-state index in [0.29, 0.717) is 44.1 Å². The molecule has 0 spiro atoms. The summed E-state index contributed by atoms with van der Waals surface area (Å²) in [5.74, 6) is -1.53. The highest BCUT2D eigenvalue weighted by Gasteiger charge is 2.69. The second kappa shape index (κ2) is 9.36. The van der Waals surface area contributed by atoms with Crippen molar-refractivity contribution in [3.05, 3.63) is 11.6 Å². The average molecular weight is 525 g/mol. The zero-order valence-electron chi connectivity index (χ0n) is 23.0. The van der Waals surface area contributed by atoms with Crippen LogP contribution >= 0.6 is 0 Å². The van der Waals surface area contributed by atoms with Crippen molar-refractivity contribution in [1.82, 2.24) is 0 Å². The fourth-order valence-corrected chi connectivity index (χ4v) is 8.96. The molecule has 7 N–H and O–H groups in total. The van der Waals surface area contributed by atoms with Crippen LogP contribution in [0.4, 0.5) is 0 Å². The number of carbonyl (C=O) groups excluding carboxylic acids is 1. The fourth-order valence-electron chi connectivity index (χ4n) is 8.96. The Morgan fingerprint density at radius 3 is 2.30 bits per heavy atom. The lowest BCUT2D eigenvalue weighted by Gasteiger charge is -2.60. The van der Waals surface area contributed by atoms with Crippen LogP contribution in [0, 0.1) is 34.5 Å². The molecule has 0 aliphatic heterocycles. The summed E-state index contributed by atoms with van der Waals surface area (Å²) in [5.41, 5.74) is -4.73. The van der Waals surface area contributed by atoms with Gasteiger partial charge in [-0.15, -0.1) is 0 Å². The van der Waals surface area contributed by atoms with E-state index in [2.05, 4.69) is 0 Å². The van der Waals surface area contributed by atoms with Crippen LogP contribution in [0.15, 0.2) is 11.6 Å². The van der Waals surface area contributed by atoms with Crippen molar-refractivity contribution in [1.29, 1.82) is 0 Å². The Bertz CT molecular complexity index is 923. The van der Waals surface area contributed by atoms with Gasteiger partial charge in [-0.25, -0.2) is 0 Å². The zero-order valence-corrected chi connectivity index (χ0v) is 23.0. The highest BCUT2D eigenvalue weighted by molar-refractivity contribution is 5.95. The van der Waals surface area contributed by atoms with Gasteiger partial charge in [0, 0.05) is 17.9 Å². The monoisotopic (exact) mass is 524 g/mol. The smallest absolute Gasteiger partial charge is 0.159 e. The summed E-state index contributed by atoms with van der Waals surface area (Å²) in [4.78, 5) is 13.3. The minimum Gasteiger partial charge on any atom is -0.396 e. The third kappa shape index (κ3) is 4.35. The van der Waals surface area contributed by atoms with Gasteiger partial charge < -0.3 is 35.7 Å². The van der Waals surface area contributed by atoms with E-state index >= 15 is 0 Å². The number of aliphatic hydroxyl groups is 7. The molecule has 0 aromatic carbocycles. The SMILES string of the molecule is CC(C)(O)[C@H](CCO)CC(O)[C@](C)(O)[C@H]1CC[C@@]2(O)C3=CC(=O)[C@@H]4C[C@@H](O)[C@@H](O)C[C@]4(C)[C@H]3CC[C@]12C. The molecule has 1 unspecified atom stereocenters. The Kier molecular flexibility index (Phi) is 7.36. The van der Waals surface area contributed by atoms with Gasteiger partial charge in [0.1, 0.15) is 0 Å². The molecule has 4 aliphatic carbocycles. The number of aliphatic hydroxyl groups excluding tert-OH is 4.